The Hall–Kier alpha value is -2.21. The standard InChI is InChI=1S/C17H19BrN2O3/c1-11-4-5-12(8-14(11)18)19-10-17(21)20-15-9-13(22-2)6-7-16(15)23-3/h4-9,19H,10H2,1-3H3,(H,20,21). The number of benzene rings is 2. The highest BCUT2D eigenvalue weighted by Gasteiger charge is 2.09. The first-order valence-electron chi connectivity index (χ1n) is 7.05. The molecule has 0 fully saturated rings. The Morgan fingerprint density at radius 2 is 1.91 bits per heavy atom. The van der Waals surface area contributed by atoms with Gasteiger partial charge in [0, 0.05) is 16.2 Å². The lowest BCUT2D eigenvalue weighted by Crippen LogP contribution is -2.22. The molecule has 23 heavy (non-hydrogen) atoms. The Balaban J connectivity index is 2.00. The van der Waals surface area contributed by atoms with E-state index >= 15 is 0 Å². The predicted octanol–water partition coefficient (Wildman–Crippen LogP) is 3.83. The number of hydrogen-bond donors (Lipinski definition) is 2. The number of nitrogens with one attached hydrogen (secondary N) is 2. The quantitative estimate of drug-likeness (QED) is 0.801. The van der Waals surface area contributed by atoms with Gasteiger partial charge in [0.05, 0.1) is 26.5 Å². The van der Waals surface area contributed by atoms with Crippen LogP contribution in [0.2, 0.25) is 0 Å². The van der Waals surface area contributed by atoms with Gasteiger partial charge in [-0.05, 0) is 36.8 Å². The number of methoxy groups -OCH3 is 2. The third kappa shape index (κ3) is 4.63. The number of amides is 1. The van der Waals surface area contributed by atoms with Crippen molar-refractivity contribution in [3.63, 3.8) is 0 Å². The monoisotopic (exact) mass is 378 g/mol. The second-order valence-corrected chi connectivity index (χ2v) is 5.79. The van der Waals surface area contributed by atoms with E-state index in [1.807, 2.05) is 25.1 Å². The highest BCUT2D eigenvalue weighted by Crippen LogP contribution is 2.28. The van der Waals surface area contributed by atoms with Gasteiger partial charge >= 0.3 is 0 Å². The molecule has 0 aromatic heterocycles. The van der Waals surface area contributed by atoms with Gasteiger partial charge in [-0.15, -0.1) is 0 Å². The first kappa shape index (κ1) is 17.1. The van der Waals surface area contributed by atoms with E-state index in [0.717, 1.165) is 15.7 Å². The maximum absolute atomic E-state index is 12.1. The SMILES string of the molecule is COc1ccc(OC)c(NC(=O)CNc2ccc(C)c(Br)c2)c1. The largest absolute Gasteiger partial charge is 0.497 e. The average molecular weight is 379 g/mol. The Kier molecular flexibility index (Phi) is 5.87. The molecule has 0 bridgehead atoms. The van der Waals surface area contributed by atoms with Crippen LogP contribution in [0.15, 0.2) is 40.9 Å². The lowest BCUT2D eigenvalue weighted by Gasteiger charge is -2.12. The summed E-state index contributed by atoms with van der Waals surface area (Å²) in [5.41, 5.74) is 2.58. The van der Waals surface area contributed by atoms with Crippen LogP contribution in [0.3, 0.4) is 0 Å². The van der Waals surface area contributed by atoms with Crippen LogP contribution in [0.5, 0.6) is 11.5 Å². The molecule has 0 atom stereocenters. The van der Waals surface area contributed by atoms with E-state index in [0.29, 0.717) is 17.2 Å². The number of hydrogen-bond acceptors (Lipinski definition) is 4. The van der Waals surface area contributed by atoms with Crippen LogP contribution < -0.4 is 20.1 Å². The van der Waals surface area contributed by atoms with E-state index in [4.69, 9.17) is 9.47 Å². The molecule has 5 nitrogen and oxygen atoms in total. The molecule has 122 valence electrons. The Bertz CT molecular complexity index is 704. The van der Waals surface area contributed by atoms with Crippen LogP contribution in [0.1, 0.15) is 5.56 Å². The fourth-order valence-corrected chi connectivity index (χ4v) is 2.37. The lowest BCUT2D eigenvalue weighted by molar-refractivity contribution is -0.114. The highest BCUT2D eigenvalue weighted by molar-refractivity contribution is 9.10. The summed E-state index contributed by atoms with van der Waals surface area (Å²) in [6, 6.07) is 11.1. The summed E-state index contributed by atoms with van der Waals surface area (Å²) in [7, 11) is 3.13. The van der Waals surface area contributed by atoms with E-state index in [-0.39, 0.29) is 12.5 Å². The summed E-state index contributed by atoms with van der Waals surface area (Å²) in [4.78, 5) is 12.1. The van der Waals surface area contributed by atoms with Crippen LogP contribution in [0.4, 0.5) is 11.4 Å². The number of anilines is 2. The van der Waals surface area contributed by atoms with E-state index < -0.39 is 0 Å². The van der Waals surface area contributed by atoms with E-state index in [1.165, 1.54) is 0 Å². The topological polar surface area (TPSA) is 59.6 Å². The summed E-state index contributed by atoms with van der Waals surface area (Å²) in [5, 5.41) is 5.90. The van der Waals surface area contributed by atoms with Gasteiger partial charge in [0.15, 0.2) is 0 Å². The van der Waals surface area contributed by atoms with Crippen molar-refractivity contribution in [3.05, 3.63) is 46.4 Å². The van der Waals surface area contributed by atoms with Crippen LogP contribution >= 0.6 is 15.9 Å². The number of carbonyl (C=O) groups excluding carboxylic acids is 1. The van der Waals surface area contributed by atoms with Crippen LogP contribution in [0.25, 0.3) is 0 Å². The van der Waals surface area contributed by atoms with Crippen molar-refractivity contribution in [1.82, 2.24) is 0 Å². The molecule has 6 heteroatoms. The normalized spacial score (nSPS) is 10.1. The zero-order valence-corrected chi connectivity index (χ0v) is 14.9. The van der Waals surface area contributed by atoms with Crippen molar-refractivity contribution < 1.29 is 14.3 Å². The molecule has 2 N–H and O–H groups in total. The van der Waals surface area contributed by atoms with Gasteiger partial charge in [-0.3, -0.25) is 4.79 Å². The molecule has 0 radical (unpaired) electrons. The van der Waals surface area contributed by atoms with Crippen molar-refractivity contribution >= 4 is 33.2 Å². The minimum atomic E-state index is -0.173. The minimum absolute atomic E-state index is 0.149. The van der Waals surface area contributed by atoms with Gasteiger partial charge in [-0.25, -0.2) is 0 Å². The van der Waals surface area contributed by atoms with Crippen molar-refractivity contribution in [2.24, 2.45) is 0 Å². The maximum Gasteiger partial charge on any atom is 0.243 e. The van der Waals surface area contributed by atoms with E-state index in [2.05, 4.69) is 26.6 Å². The van der Waals surface area contributed by atoms with Crippen molar-refractivity contribution in [2.45, 2.75) is 6.92 Å². The third-order valence-electron chi connectivity index (χ3n) is 3.31. The number of ether oxygens (including phenoxy) is 2. The molecule has 0 aliphatic carbocycles. The Labute approximate surface area is 144 Å². The minimum Gasteiger partial charge on any atom is -0.497 e. The third-order valence-corrected chi connectivity index (χ3v) is 4.16. The zero-order chi connectivity index (χ0) is 16.8. The molecule has 2 aromatic carbocycles. The summed E-state index contributed by atoms with van der Waals surface area (Å²) >= 11 is 3.47. The second-order valence-electron chi connectivity index (χ2n) is 4.93. The van der Waals surface area contributed by atoms with Gasteiger partial charge in [0.2, 0.25) is 5.91 Å². The van der Waals surface area contributed by atoms with Gasteiger partial charge < -0.3 is 20.1 Å². The smallest absolute Gasteiger partial charge is 0.243 e. The molecule has 0 spiro atoms. The molecular formula is C17H19BrN2O3. The molecule has 0 saturated heterocycles. The van der Waals surface area contributed by atoms with Crippen LogP contribution in [0, 0.1) is 6.92 Å². The van der Waals surface area contributed by atoms with Gasteiger partial charge in [-0.2, -0.15) is 0 Å². The molecule has 1 amide bonds. The summed E-state index contributed by atoms with van der Waals surface area (Å²) < 4.78 is 11.4. The fourth-order valence-electron chi connectivity index (χ4n) is 1.99. The average Bonchev–Trinajstić information content (AvgIpc) is 2.55. The van der Waals surface area contributed by atoms with Gasteiger partial charge in [0.25, 0.3) is 0 Å². The van der Waals surface area contributed by atoms with Crippen molar-refractivity contribution in [2.75, 3.05) is 31.4 Å². The molecular weight excluding hydrogens is 360 g/mol. The van der Waals surface area contributed by atoms with Gasteiger partial charge in [0.1, 0.15) is 11.5 Å². The summed E-state index contributed by atoms with van der Waals surface area (Å²) in [6.45, 7) is 2.16. The first-order valence-corrected chi connectivity index (χ1v) is 7.84. The number of carbonyl (C=O) groups is 1. The second kappa shape index (κ2) is 7.87. The fraction of sp³-hybridized carbons (Fsp3) is 0.235. The number of aryl methyl sites for hydroxylation is 1. The van der Waals surface area contributed by atoms with Crippen molar-refractivity contribution in [3.8, 4) is 11.5 Å². The summed E-state index contributed by atoms with van der Waals surface area (Å²) in [5.74, 6) is 1.06. The van der Waals surface area contributed by atoms with E-state index in [9.17, 15) is 4.79 Å². The summed E-state index contributed by atoms with van der Waals surface area (Å²) in [6.07, 6.45) is 0. The van der Waals surface area contributed by atoms with Crippen LogP contribution in [-0.2, 0) is 4.79 Å². The molecule has 0 aliphatic heterocycles. The van der Waals surface area contributed by atoms with Gasteiger partial charge in [-0.1, -0.05) is 22.0 Å². The number of rotatable bonds is 6. The molecule has 2 rings (SSSR count). The molecule has 2 aromatic rings. The highest BCUT2D eigenvalue weighted by atomic mass is 79.9. The molecule has 0 aliphatic rings. The zero-order valence-electron chi connectivity index (χ0n) is 13.3. The van der Waals surface area contributed by atoms with E-state index in [1.54, 1.807) is 32.4 Å². The molecule has 0 heterocycles. The Morgan fingerprint density at radius 1 is 1.13 bits per heavy atom. The number of halogens is 1. The lowest BCUT2D eigenvalue weighted by atomic mass is 10.2. The molecule has 0 unspecified atom stereocenters. The Morgan fingerprint density at radius 3 is 2.57 bits per heavy atom. The molecule has 0 saturated carbocycles. The van der Waals surface area contributed by atoms with Crippen LogP contribution in [-0.4, -0.2) is 26.7 Å². The maximum atomic E-state index is 12.1. The predicted molar refractivity (Wildman–Crippen MR) is 95.5 cm³/mol. The first-order chi connectivity index (χ1) is 11.0. The van der Waals surface area contributed by atoms with Crippen molar-refractivity contribution in [1.29, 1.82) is 0 Å².